The van der Waals surface area contributed by atoms with E-state index < -0.39 is 41.6 Å². The molecule has 0 radical (unpaired) electrons. The summed E-state index contributed by atoms with van der Waals surface area (Å²) in [5, 5.41) is 5.18. The second-order valence-corrected chi connectivity index (χ2v) is 7.27. The maximum absolute atomic E-state index is 13.3. The second kappa shape index (κ2) is 7.27. The highest BCUT2D eigenvalue weighted by Crippen LogP contribution is 2.38. The summed E-state index contributed by atoms with van der Waals surface area (Å²) >= 11 is 0. The molecule has 0 saturated carbocycles. The summed E-state index contributed by atoms with van der Waals surface area (Å²) in [5.74, 6) is -3.30. The maximum atomic E-state index is 13.3. The van der Waals surface area contributed by atoms with Gasteiger partial charge in [0.25, 0.3) is 5.91 Å². The summed E-state index contributed by atoms with van der Waals surface area (Å²) in [4.78, 5) is 39.0. The van der Waals surface area contributed by atoms with Gasteiger partial charge in [-0.25, -0.2) is 13.6 Å². The third-order valence-electron chi connectivity index (χ3n) is 5.41. The number of nitrogens with zero attached hydrogens (tertiary/aromatic N) is 1. The van der Waals surface area contributed by atoms with Crippen LogP contribution < -0.4 is 10.6 Å². The number of fused-ring (bicyclic) bond motifs is 2. The van der Waals surface area contributed by atoms with Gasteiger partial charge in [-0.05, 0) is 48.9 Å². The molecule has 1 atom stereocenters. The second-order valence-electron chi connectivity index (χ2n) is 7.27. The summed E-state index contributed by atoms with van der Waals surface area (Å²) in [6.07, 6.45) is 2.93. The Morgan fingerprint density at radius 1 is 1.10 bits per heavy atom. The average Bonchev–Trinajstić information content (AvgIpc) is 2.83. The Labute approximate surface area is 165 Å². The monoisotopic (exact) mass is 399 g/mol. The van der Waals surface area contributed by atoms with Gasteiger partial charge in [0.05, 0.1) is 0 Å². The molecule has 4 rings (SSSR count). The van der Waals surface area contributed by atoms with Crippen LogP contribution in [0, 0.1) is 11.6 Å². The maximum Gasteiger partial charge on any atom is 0.325 e. The lowest BCUT2D eigenvalue weighted by molar-refractivity contribution is -0.134. The number of halogens is 2. The highest BCUT2D eigenvalue weighted by atomic mass is 19.2. The molecule has 2 aromatic carbocycles. The van der Waals surface area contributed by atoms with Crippen molar-refractivity contribution < 1.29 is 23.2 Å². The molecule has 0 bridgehead atoms. The zero-order chi connectivity index (χ0) is 20.6. The van der Waals surface area contributed by atoms with Crippen LogP contribution in [0.25, 0.3) is 0 Å². The zero-order valence-electron chi connectivity index (χ0n) is 15.5. The first-order chi connectivity index (χ1) is 13.9. The topological polar surface area (TPSA) is 78.5 Å². The minimum atomic E-state index is -1.17. The molecule has 1 fully saturated rings. The number of nitrogens with one attached hydrogen (secondary N) is 2. The number of carbonyl (C=O) groups excluding carboxylic acids is 3. The molecule has 29 heavy (non-hydrogen) atoms. The number of carbonyl (C=O) groups is 3. The molecule has 1 spiro atoms. The van der Waals surface area contributed by atoms with Gasteiger partial charge in [-0.1, -0.05) is 24.3 Å². The largest absolute Gasteiger partial charge is 0.325 e. The molecule has 1 unspecified atom stereocenters. The number of rotatable bonds is 3. The van der Waals surface area contributed by atoms with E-state index >= 15 is 0 Å². The van der Waals surface area contributed by atoms with Crippen LogP contribution in [0.4, 0.5) is 19.3 Å². The van der Waals surface area contributed by atoms with E-state index in [-0.39, 0.29) is 5.69 Å². The molecule has 1 aliphatic carbocycles. The van der Waals surface area contributed by atoms with Gasteiger partial charge < -0.3 is 10.6 Å². The van der Waals surface area contributed by atoms with E-state index in [9.17, 15) is 23.2 Å². The average molecular weight is 399 g/mol. The number of urea groups is 1. The van der Waals surface area contributed by atoms with Crippen molar-refractivity contribution in [2.24, 2.45) is 0 Å². The minimum absolute atomic E-state index is 0.0375. The fourth-order valence-electron chi connectivity index (χ4n) is 4.03. The summed E-state index contributed by atoms with van der Waals surface area (Å²) in [5.41, 5.74) is 0.633. The van der Waals surface area contributed by atoms with Crippen molar-refractivity contribution in [1.82, 2.24) is 10.2 Å². The Balaban J connectivity index is 1.56. The van der Waals surface area contributed by atoms with E-state index in [0.29, 0.717) is 6.42 Å². The highest BCUT2D eigenvalue weighted by Gasteiger charge is 2.53. The number of amides is 4. The third-order valence-corrected chi connectivity index (χ3v) is 5.41. The van der Waals surface area contributed by atoms with Crippen LogP contribution in [0.3, 0.4) is 0 Å². The van der Waals surface area contributed by atoms with E-state index in [4.69, 9.17) is 0 Å². The van der Waals surface area contributed by atoms with Crippen LogP contribution in [-0.2, 0) is 21.5 Å². The summed E-state index contributed by atoms with van der Waals surface area (Å²) in [7, 11) is 0. The highest BCUT2D eigenvalue weighted by molar-refractivity contribution is 6.10. The smallest absolute Gasteiger partial charge is 0.324 e. The lowest BCUT2D eigenvalue weighted by Crippen LogP contribution is -2.44. The number of benzene rings is 2. The SMILES string of the molecule is O=C(CN1C(=O)NC2(CCCCc3ccccc32)C1=O)Nc1ccc(F)c(F)c1. The van der Waals surface area contributed by atoms with Crippen LogP contribution in [0.1, 0.15) is 30.4 Å². The molecule has 4 amide bonds. The van der Waals surface area contributed by atoms with Gasteiger partial charge in [0.1, 0.15) is 12.1 Å². The van der Waals surface area contributed by atoms with Crippen LogP contribution in [0.15, 0.2) is 42.5 Å². The Hall–Kier alpha value is -3.29. The molecule has 8 heteroatoms. The van der Waals surface area contributed by atoms with Gasteiger partial charge in [-0.3, -0.25) is 14.5 Å². The number of aryl methyl sites for hydroxylation is 1. The van der Waals surface area contributed by atoms with Gasteiger partial charge in [0.2, 0.25) is 5.91 Å². The first kappa shape index (κ1) is 19.0. The molecule has 1 saturated heterocycles. The van der Waals surface area contributed by atoms with Crippen molar-refractivity contribution in [1.29, 1.82) is 0 Å². The van der Waals surface area contributed by atoms with Crippen molar-refractivity contribution >= 4 is 23.5 Å². The van der Waals surface area contributed by atoms with Crippen LogP contribution >= 0.6 is 0 Å². The van der Waals surface area contributed by atoms with E-state index in [2.05, 4.69) is 10.6 Å². The fourth-order valence-corrected chi connectivity index (χ4v) is 4.03. The van der Waals surface area contributed by atoms with E-state index in [1.54, 1.807) is 0 Å². The summed E-state index contributed by atoms with van der Waals surface area (Å²) in [6, 6.07) is 9.77. The third kappa shape index (κ3) is 3.35. The molecule has 0 aromatic heterocycles. The Kier molecular flexibility index (Phi) is 4.77. The Morgan fingerprint density at radius 2 is 1.90 bits per heavy atom. The van der Waals surface area contributed by atoms with Gasteiger partial charge >= 0.3 is 6.03 Å². The van der Waals surface area contributed by atoms with Gasteiger partial charge in [-0.2, -0.15) is 0 Å². The zero-order valence-corrected chi connectivity index (χ0v) is 15.5. The lowest BCUT2D eigenvalue weighted by Gasteiger charge is -2.27. The standard InChI is InChI=1S/C21H19F2N3O3/c22-16-9-8-14(11-17(16)23)24-18(27)12-26-19(28)21(25-20(26)29)10-4-3-6-13-5-1-2-7-15(13)21/h1-2,5,7-9,11H,3-4,6,10,12H2,(H,24,27)(H,25,29). The molecule has 150 valence electrons. The molecular weight excluding hydrogens is 380 g/mol. The molecule has 6 nitrogen and oxygen atoms in total. The van der Waals surface area contributed by atoms with Crippen LogP contribution in [-0.4, -0.2) is 29.3 Å². The van der Waals surface area contributed by atoms with Crippen molar-refractivity contribution in [3.63, 3.8) is 0 Å². The van der Waals surface area contributed by atoms with Crippen LogP contribution in [0.5, 0.6) is 0 Å². The lowest BCUT2D eigenvalue weighted by atomic mass is 9.84. The van der Waals surface area contributed by atoms with Crippen molar-refractivity contribution in [3.8, 4) is 0 Å². The van der Waals surface area contributed by atoms with Crippen molar-refractivity contribution in [2.45, 2.75) is 31.2 Å². The molecule has 1 heterocycles. The summed E-state index contributed by atoms with van der Waals surface area (Å²) in [6.45, 7) is -0.520. The van der Waals surface area contributed by atoms with Gasteiger partial charge in [0.15, 0.2) is 11.6 Å². The predicted molar refractivity (Wildman–Crippen MR) is 101 cm³/mol. The summed E-state index contributed by atoms with van der Waals surface area (Å²) < 4.78 is 26.4. The van der Waals surface area contributed by atoms with E-state index in [0.717, 1.165) is 47.4 Å². The number of hydrogen-bond donors (Lipinski definition) is 2. The van der Waals surface area contributed by atoms with E-state index in [1.165, 1.54) is 6.07 Å². The minimum Gasteiger partial charge on any atom is -0.324 e. The van der Waals surface area contributed by atoms with Gasteiger partial charge in [0, 0.05) is 11.8 Å². The van der Waals surface area contributed by atoms with Crippen LogP contribution in [0.2, 0.25) is 0 Å². The normalized spacial score (nSPS) is 21.0. The number of hydrogen-bond acceptors (Lipinski definition) is 3. The van der Waals surface area contributed by atoms with E-state index in [1.807, 2.05) is 24.3 Å². The molecule has 1 aliphatic heterocycles. The fraction of sp³-hybridized carbons (Fsp3) is 0.286. The molecule has 2 N–H and O–H groups in total. The molecule has 2 aromatic rings. The first-order valence-electron chi connectivity index (χ1n) is 9.38. The Morgan fingerprint density at radius 3 is 2.69 bits per heavy atom. The Bertz CT molecular complexity index is 1010. The molecule has 2 aliphatic rings. The quantitative estimate of drug-likeness (QED) is 0.779. The predicted octanol–water partition coefficient (Wildman–Crippen LogP) is 3.08. The number of anilines is 1. The molecular formula is C21H19F2N3O3. The number of imide groups is 1. The first-order valence-corrected chi connectivity index (χ1v) is 9.38. The van der Waals surface area contributed by atoms with Crippen molar-refractivity contribution in [2.75, 3.05) is 11.9 Å². The van der Waals surface area contributed by atoms with Crippen molar-refractivity contribution in [3.05, 3.63) is 65.2 Å². The van der Waals surface area contributed by atoms with Gasteiger partial charge in [-0.15, -0.1) is 0 Å².